The summed E-state index contributed by atoms with van der Waals surface area (Å²) in [4.78, 5) is 11.5. The highest BCUT2D eigenvalue weighted by atomic mass is 16.1. The number of Topliss-reactive ketones (excluding diaryl/α,β-unsaturated/α-hetero) is 1. The molecule has 2 aliphatic rings. The molecule has 0 bridgehead atoms. The van der Waals surface area contributed by atoms with Crippen LogP contribution in [-0.2, 0) is 4.79 Å². The molecule has 0 saturated heterocycles. The highest BCUT2D eigenvalue weighted by Gasteiger charge is 2.15. The summed E-state index contributed by atoms with van der Waals surface area (Å²) >= 11 is 0. The Labute approximate surface area is 106 Å². The molecular formula is C16H26O. The van der Waals surface area contributed by atoms with Gasteiger partial charge in [0.2, 0.25) is 0 Å². The van der Waals surface area contributed by atoms with Gasteiger partial charge in [0, 0.05) is 12.8 Å². The van der Waals surface area contributed by atoms with E-state index in [4.69, 9.17) is 0 Å². The van der Waals surface area contributed by atoms with Crippen molar-refractivity contribution < 1.29 is 4.79 Å². The van der Waals surface area contributed by atoms with Crippen LogP contribution in [-0.4, -0.2) is 5.78 Å². The first-order valence-corrected chi connectivity index (χ1v) is 7.54. The van der Waals surface area contributed by atoms with Crippen LogP contribution >= 0.6 is 0 Å². The maximum Gasteiger partial charge on any atom is 0.133 e. The van der Waals surface area contributed by atoms with E-state index >= 15 is 0 Å². The molecule has 1 fully saturated rings. The molecule has 0 aromatic rings. The average molecular weight is 234 g/mol. The van der Waals surface area contributed by atoms with Gasteiger partial charge in [0.1, 0.15) is 5.78 Å². The second-order valence-corrected chi connectivity index (χ2v) is 5.85. The predicted molar refractivity (Wildman–Crippen MR) is 72.0 cm³/mol. The van der Waals surface area contributed by atoms with Crippen molar-refractivity contribution >= 4 is 5.78 Å². The third-order valence-electron chi connectivity index (χ3n) is 4.34. The molecule has 0 spiro atoms. The van der Waals surface area contributed by atoms with Gasteiger partial charge in [0.25, 0.3) is 0 Å². The summed E-state index contributed by atoms with van der Waals surface area (Å²) in [6.07, 6.45) is 17.1. The smallest absolute Gasteiger partial charge is 0.133 e. The second kappa shape index (κ2) is 6.98. The third kappa shape index (κ3) is 4.65. The van der Waals surface area contributed by atoms with Crippen LogP contribution in [0.25, 0.3) is 0 Å². The minimum atomic E-state index is 0.472. The highest BCUT2D eigenvalue weighted by molar-refractivity contribution is 5.78. The minimum absolute atomic E-state index is 0.472. The summed E-state index contributed by atoms with van der Waals surface area (Å²) in [5, 5.41) is 0. The number of carbonyl (C=O) groups is 1. The third-order valence-corrected chi connectivity index (χ3v) is 4.34. The topological polar surface area (TPSA) is 17.1 Å². The number of allylic oxidation sites excluding steroid dienone is 2. The summed E-state index contributed by atoms with van der Waals surface area (Å²) in [7, 11) is 0. The zero-order valence-corrected chi connectivity index (χ0v) is 11.0. The number of carbonyl (C=O) groups excluding carboxylic acids is 1. The van der Waals surface area contributed by atoms with Gasteiger partial charge in [-0.15, -0.1) is 0 Å². The summed E-state index contributed by atoms with van der Waals surface area (Å²) in [6, 6.07) is 0. The van der Waals surface area contributed by atoms with Gasteiger partial charge in [0.15, 0.2) is 0 Å². The summed E-state index contributed by atoms with van der Waals surface area (Å²) in [5.41, 5.74) is 1.66. The van der Waals surface area contributed by atoms with E-state index in [1.165, 1.54) is 51.4 Å². The van der Waals surface area contributed by atoms with Gasteiger partial charge in [-0.2, -0.15) is 0 Å². The van der Waals surface area contributed by atoms with Crippen molar-refractivity contribution in [1.82, 2.24) is 0 Å². The Hall–Kier alpha value is -0.590. The zero-order valence-electron chi connectivity index (χ0n) is 11.0. The van der Waals surface area contributed by atoms with Gasteiger partial charge >= 0.3 is 0 Å². The molecule has 0 aromatic carbocycles. The molecule has 1 heteroatoms. The fourth-order valence-electron chi connectivity index (χ4n) is 3.29. The predicted octanol–water partition coefficient (Wildman–Crippen LogP) is 4.81. The first kappa shape index (κ1) is 12.9. The van der Waals surface area contributed by atoms with Crippen molar-refractivity contribution in [3.8, 4) is 0 Å². The number of rotatable bonds is 2. The molecule has 2 rings (SSSR count). The Bertz CT molecular complexity index is 271. The Kier molecular flexibility index (Phi) is 5.28. The van der Waals surface area contributed by atoms with Crippen LogP contribution in [0.5, 0.6) is 0 Å². The molecule has 17 heavy (non-hydrogen) atoms. The van der Waals surface area contributed by atoms with E-state index in [9.17, 15) is 4.79 Å². The van der Waals surface area contributed by atoms with E-state index in [1.54, 1.807) is 5.57 Å². The molecule has 0 aliphatic heterocycles. The van der Waals surface area contributed by atoms with E-state index in [-0.39, 0.29) is 0 Å². The Morgan fingerprint density at radius 3 is 2.53 bits per heavy atom. The van der Waals surface area contributed by atoms with Gasteiger partial charge < -0.3 is 0 Å². The molecule has 96 valence electrons. The number of hydrogen-bond acceptors (Lipinski definition) is 1. The zero-order chi connectivity index (χ0) is 11.9. The molecular weight excluding hydrogens is 208 g/mol. The van der Waals surface area contributed by atoms with Crippen molar-refractivity contribution in [2.45, 2.75) is 77.0 Å². The largest absolute Gasteiger partial charge is 0.300 e. The highest BCUT2D eigenvalue weighted by Crippen LogP contribution is 2.31. The fraction of sp³-hybridized carbons (Fsp3) is 0.812. The van der Waals surface area contributed by atoms with Gasteiger partial charge in [0.05, 0.1) is 0 Å². The van der Waals surface area contributed by atoms with Gasteiger partial charge in [-0.1, -0.05) is 43.8 Å². The molecule has 0 aromatic heterocycles. The normalized spacial score (nSPS) is 24.7. The summed E-state index contributed by atoms with van der Waals surface area (Å²) < 4.78 is 0. The second-order valence-electron chi connectivity index (χ2n) is 5.85. The van der Waals surface area contributed by atoms with Gasteiger partial charge in [-0.25, -0.2) is 0 Å². The van der Waals surface area contributed by atoms with E-state index in [2.05, 4.69) is 6.08 Å². The molecule has 0 N–H and O–H groups in total. The van der Waals surface area contributed by atoms with E-state index in [0.29, 0.717) is 5.78 Å². The number of hydrogen-bond donors (Lipinski definition) is 0. The molecule has 0 atom stereocenters. The minimum Gasteiger partial charge on any atom is -0.300 e. The summed E-state index contributed by atoms with van der Waals surface area (Å²) in [6.45, 7) is 0. The Morgan fingerprint density at radius 1 is 0.941 bits per heavy atom. The molecule has 0 amide bonds. The average Bonchev–Trinajstić information content (AvgIpc) is 2.44. The Balaban J connectivity index is 1.83. The molecule has 2 aliphatic carbocycles. The van der Waals surface area contributed by atoms with Crippen molar-refractivity contribution in [3.63, 3.8) is 0 Å². The van der Waals surface area contributed by atoms with Crippen LogP contribution in [0.3, 0.4) is 0 Å². The fourth-order valence-corrected chi connectivity index (χ4v) is 3.29. The molecule has 1 nitrogen and oxygen atoms in total. The van der Waals surface area contributed by atoms with Crippen LogP contribution in [0.2, 0.25) is 0 Å². The maximum absolute atomic E-state index is 11.5. The Morgan fingerprint density at radius 2 is 1.71 bits per heavy atom. The summed E-state index contributed by atoms with van der Waals surface area (Å²) in [5.74, 6) is 1.42. The van der Waals surface area contributed by atoms with Crippen LogP contribution in [0, 0.1) is 5.92 Å². The lowest BCUT2D eigenvalue weighted by Gasteiger charge is -2.22. The van der Waals surface area contributed by atoms with E-state index in [1.807, 2.05) is 0 Å². The van der Waals surface area contributed by atoms with Gasteiger partial charge in [-0.05, 0) is 38.0 Å². The quantitative estimate of drug-likeness (QED) is 0.627. The SMILES string of the molecule is O=C1CCC=C(CC2CCCCC2)CCCC1. The van der Waals surface area contributed by atoms with Crippen LogP contribution < -0.4 is 0 Å². The lowest BCUT2D eigenvalue weighted by atomic mass is 9.83. The van der Waals surface area contributed by atoms with Crippen LogP contribution in [0.4, 0.5) is 0 Å². The van der Waals surface area contributed by atoms with Crippen LogP contribution in [0.15, 0.2) is 11.6 Å². The number of ketones is 1. The van der Waals surface area contributed by atoms with Crippen molar-refractivity contribution in [2.75, 3.05) is 0 Å². The van der Waals surface area contributed by atoms with E-state index in [0.717, 1.165) is 31.6 Å². The standard InChI is InChI=1S/C16H26O/c17-16-11-5-4-9-15(10-6-12-16)13-14-7-2-1-3-8-14/h10,14H,1-9,11-13H2. The maximum atomic E-state index is 11.5. The van der Waals surface area contributed by atoms with Crippen LogP contribution in [0.1, 0.15) is 77.0 Å². The van der Waals surface area contributed by atoms with Crippen molar-refractivity contribution in [3.05, 3.63) is 11.6 Å². The van der Waals surface area contributed by atoms with Crippen molar-refractivity contribution in [2.24, 2.45) is 5.92 Å². The van der Waals surface area contributed by atoms with Gasteiger partial charge in [-0.3, -0.25) is 4.79 Å². The first-order chi connectivity index (χ1) is 8.34. The first-order valence-electron chi connectivity index (χ1n) is 7.54. The molecule has 1 saturated carbocycles. The lowest BCUT2D eigenvalue weighted by Crippen LogP contribution is -2.07. The monoisotopic (exact) mass is 234 g/mol. The van der Waals surface area contributed by atoms with Crippen molar-refractivity contribution in [1.29, 1.82) is 0 Å². The molecule has 0 radical (unpaired) electrons. The lowest BCUT2D eigenvalue weighted by molar-refractivity contribution is -0.119. The molecule has 0 heterocycles. The molecule has 0 unspecified atom stereocenters. The van der Waals surface area contributed by atoms with E-state index < -0.39 is 0 Å².